The van der Waals surface area contributed by atoms with Gasteiger partial charge in [0.15, 0.2) is 0 Å². The number of hydrogen-bond acceptors (Lipinski definition) is 11. The van der Waals surface area contributed by atoms with Crippen molar-refractivity contribution in [3.8, 4) is 11.5 Å². The molecule has 1 spiro atoms. The molecule has 0 unspecified atom stereocenters. The van der Waals surface area contributed by atoms with Crippen molar-refractivity contribution in [1.29, 1.82) is 0 Å². The normalized spacial score (nSPS) is 19.8. The van der Waals surface area contributed by atoms with Gasteiger partial charge in [-0.25, -0.2) is 23.1 Å². The van der Waals surface area contributed by atoms with Crippen molar-refractivity contribution in [3.05, 3.63) is 106 Å². The molecule has 4 aliphatic rings. The molecule has 3 aromatic heterocycles. The first kappa shape index (κ1) is 41.8. The number of aromatic nitrogens is 3. The van der Waals surface area contributed by atoms with E-state index in [9.17, 15) is 23.3 Å². The smallest absolute Gasteiger partial charge is 0.312 e. The zero-order valence-corrected chi connectivity index (χ0v) is 36.3. The Kier molecular flexibility index (Phi) is 11.7. The number of pyridine rings is 2. The Morgan fingerprint density at radius 3 is 2.53 bits per heavy atom. The predicted molar refractivity (Wildman–Crippen MR) is 239 cm³/mol. The van der Waals surface area contributed by atoms with E-state index in [2.05, 4.69) is 72.9 Å². The maximum absolute atomic E-state index is 13.9. The maximum atomic E-state index is 13.9. The monoisotopic (exact) mass is 860 g/mol. The highest BCUT2D eigenvalue weighted by molar-refractivity contribution is 7.90. The van der Waals surface area contributed by atoms with Crippen LogP contribution in [0.2, 0.25) is 0 Å². The van der Waals surface area contributed by atoms with E-state index >= 15 is 0 Å². The van der Waals surface area contributed by atoms with Gasteiger partial charge in [0.1, 0.15) is 22.0 Å². The summed E-state index contributed by atoms with van der Waals surface area (Å²) in [6.07, 6.45) is 16.8. The van der Waals surface area contributed by atoms with Gasteiger partial charge in [-0.1, -0.05) is 57.4 Å². The van der Waals surface area contributed by atoms with Gasteiger partial charge < -0.3 is 19.9 Å². The molecular formula is C47H56N8O6S. The number of rotatable bonds is 13. The van der Waals surface area contributed by atoms with E-state index in [-0.39, 0.29) is 17.1 Å². The number of amides is 1. The summed E-state index contributed by atoms with van der Waals surface area (Å²) in [7, 11) is -4.58. The van der Waals surface area contributed by atoms with E-state index in [0.717, 1.165) is 81.5 Å². The van der Waals surface area contributed by atoms with Gasteiger partial charge in [0.05, 0.1) is 22.9 Å². The summed E-state index contributed by atoms with van der Waals surface area (Å²) in [5.41, 5.74) is 4.31. The Morgan fingerprint density at radius 1 is 0.968 bits per heavy atom. The molecule has 5 heterocycles. The van der Waals surface area contributed by atoms with Crippen LogP contribution >= 0.6 is 0 Å². The second-order valence-corrected chi connectivity index (χ2v) is 19.9. The lowest BCUT2D eigenvalue weighted by molar-refractivity contribution is -0.384. The van der Waals surface area contributed by atoms with Crippen LogP contribution in [0.3, 0.4) is 0 Å². The summed E-state index contributed by atoms with van der Waals surface area (Å²) in [5.74, 6) is 0.441. The number of piperidine rings is 1. The molecule has 62 heavy (non-hydrogen) atoms. The van der Waals surface area contributed by atoms with Crippen molar-refractivity contribution in [1.82, 2.24) is 24.6 Å². The number of ether oxygens (including phenoxy) is 1. The number of H-pyrrole nitrogens is 1. The SMILES string of the molecule is CC(C)c1ccccc1[C@@H]1CCCN1C1CC2(CCN(c3ccc(C(=O)NS(=O)(=O)c4cnc(NCC5CCCCC5)c([N+](=O)[O-])c4)c(Oc4cnc5[nH]ccc5c4)c3)CC2)C1. The Labute approximate surface area is 363 Å². The molecule has 2 aromatic carbocycles. The number of nitrogens with one attached hydrogen (secondary N) is 3. The summed E-state index contributed by atoms with van der Waals surface area (Å²) >= 11 is 0. The molecule has 2 aliphatic carbocycles. The van der Waals surface area contributed by atoms with Crippen LogP contribution in [-0.4, -0.2) is 71.3 Å². The Hall–Kier alpha value is -5.54. The average molecular weight is 861 g/mol. The summed E-state index contributed by atoms with van der Waals surface area (Å²) < 4.78 is 35.8. The average Bonchev–Trinajstić information content (AvgIpc) is 3.95. The molecule has 1 amide bonds. The Bertz CT molecular complexity index is 2560. The quantitative estimate of drug-likeness (QED) is 0.0760. The van der Waals surface area contributed by atoms with Crippen molar-refractivity contribution >= 4 is 44.2 Å². The summed E-state index contributed by atoms with van der Waals surface area (Å²) in [4.78, 5) is 41.6. The van der Waals surface area contributed by atoms with Crippen LogP contribution in [-0.2, 0) is 10.0 Å². The number of sulfonamides is 1. The Balaban J connectivity index is 0.903. The number of aromatic amines is 1. The number of nitro groups is 1. The molecule has 3 N–H and O–H groups in total. The first-order valence-electron chi connectivity index (χ1n) is 22.3. The molecule has 2 aliphatic heterocycles. The van der Waals surface area contributed by atoms with E-state index in [1.807, 2.05) is 12.1 Å². The third-order valence-corrected chi connectivity index (χ3v) is 15.2. The molecule has 14 nitrogen and oxygen atoms in total. The summed E-state index contributed by atoms with van der Waals surface area (Å²) in [6, 6.07) is 19.8. The standard InChI is InChI=1S/C47H56N8O6S/c1-31(2)38-11-6-7-12-39(38)41-13-8-20-54(41)35-26-47(27-35)17-21-53(22-18-47)34-14-15-40(43(24-34)61-36-23-33-16-19-48-44(33)50-29-36)46(56)52-62(59,60)37-25-42(55(57)58)45(51-30-37)49-28-32-9-4-3-5-10-32/h6-7,11-12,14-16,19,23-25,29-32,35,41H,3-5,8-10,13,17-18,20-22,26-28H2,1-2H3,(H,48,50)(H,49,51)(H,52,56)/t41-/m0/s1. The third kappa shape index (κ3) is 8.61. The van der Waals surface area contributed by atoms with Crippen molar-refractivity contribution in [2.75, 3.05) is 36.4 Å². The van der Waals surface area contributed by atoms with Gasteiger partial charge in [-0.2, -0.15) is 0 Å². The zero-order chi connectivity index (χ0) is 43.0. The van der Waals surface area contributed by atoms with Gasteiger partial charge in [-0.15, -0.1) is 0 Å². The topological polar surface area (TPSA) is 176 Å². The second kappa shape index (κ2) is 17.3. The predicted octanol–water partition coefficient (Wildman–Crippen LogP) is 9.48. The van der Waals surface area contributed by atoms with Gasteiger partial charge in [-0.3, -0.25) is 19.8 Å². The van der Waals surface area contributed by atoms with E-state index < -0.39 is 31.4 Å². The second-order valence-electron chi connectivity index (χ2n) is 18.2. The van der Waals surface area contributed by atoms with Crippen molar-refractivity contribution in [3.63, 3.8) is 0 Å². The molecule has 0 bridgehead atoms. The minimum Gasteiger partial charge on any atom is -0.455 e. The van der Waals surface area contributed by atoms with Crippen LogP contribution in [0.5, 0.6) is 11.5 Å². The van der Waals surface area contributed by atoms with Gasteiger partial charge >= 0.3 is 5.69 Å². The fraction of sp³-hybridized carbons (Fsp3) is 0.468. The largest absolute Gasteiger partial charge is 0.455 e. The minimum absolute atomic E-state index is 0.00521. The number of anilines is 2. The molecule has 2 saturated heterocycles. The van der Waals surface area contributed by atoms with Gasteiger partial charge in [0, 0.05) is 61.1 Å². The molecule has 0 radical (unpaired) electrons. The third-order valence-electron chi connectivity index (χ3n) is 13.9. The Morgan fingerprint density at radius 2 is 1.76 bits per heavy atom. The molecule has 4 fully saturated rings. The fourth-order valence-electron chi connectivity index (χ4n) is 10.5. The number of carbonyl (C=O) groups is 1. The summed E-state index contributed by atoms with van der Waals surface area (Å²) in [6.45, 7) is 7.94. The van der Waals surface area contributed by atoms with Crippen molar-refractivity contribution in [2.24, 2.45) is 11.3 Å². The van der Waals surface area contributed by atoms with Crippen molar-refractivity contribution < 1.29 is 22.9 Å². The lowest BCUT2D eigenvalue weighted by Gasteiger charge is -2.56. The van der Waals surface area contributed by atoms with E-state index in [0.29, 0.717) is 47.3 Å². The highest BCUT2D eigenvalue weighted by Crippen LogP contribution is 2.54. The molecule has 2 saturated carbocycles. The van der Waals surface area contributed by atoms with Crippen LogP contribution in [0, 0.1) is 21.4 Å². The molecule has 15 heteroatoms. The highest BCUT2D eigenvalue weighted by Gasteiger charge is 2.50. The first-order chi connectivity index (χ1) is 29.9. The van der Waals surface area contributed by atoms with Gasteiger partial charge in [-0.05, 0) is 111 Å². The first-order valence-corrected chi connectivity index (χ1v) is 23.7. The van der Waals surface area contributed by atoms with Crippen LogP contribution in [0.25, 0.3) is 11.0 Å². The molecular weight excluding hydrogens is 805 g/mol. The lowest BCUT2D eigenvalue weighted by Crippen LogP contribution is -2.54. The van der Waals surface area contributed by atoms with Crippen LogP contribution in [0.4, 0.5) is 17.2 Å². The fourth-order valence-corrected chi connectivity index (χ4v) is 11.5. The molecule has 326 valence electrons. The van der Waals surface area contributed by atoms with Gasteiger partial charge in [0.25, 0.3) is 15.9 Å². The highest BCUT2D eigenvalue weighted by atomic mass is 32.2. The van der Waals surface area contributed by atoms with E-state index in [4.69, 9.17) is 4.74 Å². The maximum Gasteiger partial charge on any atom is 0.312 e. The molecule has 5 aromatic rings. The van der Waals surface area contributed by atoms with Gasteiger partial charge in [0.2, 0.25) is 5.82 Å². The van der Waals surface area contributed by atoms with Crippen molar-refractivity contribution in [2.45, 2.75) is 107 Å². The van der Waals surface area contributed by atoms with Crippen LogP contribution < -0.4 is 19.7 Å². The lowest BCUT2D eigenvalue weighted by atomic mass is 9.59. The van der Waals surface area contributed by atoms with E-state index in [1.54, 1.807) is 30.6 Å². The number of benzene rings is 2. The molecule has 9 rings (SSSR count). The number of carbonyl (C=O) groups excluding carboxylic acids is 1. The minimum atomic E-state index is -4.58. The zero-order valence-electron chi connectivity index (χ0n) is 35.5. The summed E-state index contributed by atoms with van der Waals surface area (Å²) in [5, 5.41) is 15.9. The van der Waals surface area contributed by atoms with Crippen LogP contribution in [0.1, 0.15) is 118 Å². The number of fused-ring (bicyclic) bond motifs is 1. The number of likely N-dealkylation sites (tertiary alicyclic amines) is 1. The van der Waals surface area contributed by atoms with Crippen LogP contribution in [0.15, 0.2) is 84.1 Å². The van der Waals surface area contributed by atoms with E-state index in [1.165, 1.54) is 43.2 Å². The number of nitrogens with zero attached hydrogens (tertiary/aromatic N) is 5. The molecule has 1 atom stereocenters. The number of hydrogen-bond donors (Lipinski definition) is 3.